The van der Waals surface area contributed by atoms with Crippen LogP contribution in [0.5, 0.6) is 0 Å². The number of rotatable bonds is 7. The van der Waals surface area contributed by atoms with Gasteiger partial charge in [0.25, 0.3) is 5.91 Å². The topological polar surface area (TPSA) is 76.0 Å². The van der Waals surface area contributed by atoms with Gasteiger partial charge in [-0.1, -0.05) is 59.7 Å². The first-order valence-corrected chi connectivity index (χ1v) is 10.3. The second-order valence-corrected chi connectivity index (χ2v) is 7.97. The second-order valence-electron chi connectivity index (χ2n) is 7.97. The molecule has 0 aliphatic heterocycles. The zero-order valence-corrected chi connectivity index (χ0v) is 17.3. The Hall–Kier alpha value is -3.41. The first-order valence-electron chi connectivity index (χ1n) is 10.3. The smallest absolute Gasteiger partial charge is 0.255 e. The Bertz CT molecular complexity index is 1050. The Morgan fingerprint density at radius 1 is 1.00 bits per heavy atom. The molecule has 1 aliphatic carbocycles. The first-order chi connectivity index (χ1) is 14.5. The van der Waals surface area contributed by atoms with Crippen molar-refractivity contribution in [2.75, 3.05) is 6.54 Å². The van der Waals surface area contributed by atoms with Crippen molar-refractivity contribution in [3.63, 3.8) is 0 Å². The molecule has 1 aromatic heterocycles. The number of carbonyl (C=O) groups is 2. The number of nitrogens with one attached hydrogen (secondary N) is 2. The van der Waals surface area contributed by atoms with Crippen molar-refractivity contribution >= 4 is 11.8 Å². The highest BCUT2D eigenvalue weighted by Crippen LogP contribution is 2.23. The van der Waals surface area contributed by atoms with Gasteiger partial charge in [0.05, 0.1) is 18.7 Å². The summed E-state index contributed by atoms with van der Waals surface area (Å²) in [6.07, 6.45) is 3.79. The molecular weight excluding hydrogens is 376 g/mol. The predicted octanol–water partition coefficient (Wildman–Crippen LogP) is 3.22. The zero-order chi connectivity index (χ0) is 21.1. The van der Waals surface area contributed by atoms with Gasteiger partial charge in [-0.2, -0.15) is 5.10 Å². The number of carbonyl (C=O) groups excluding carboxylic acids is 2. The van der Waals surface area contributed by atoms with E-state index in [1.54, 1.807) is 10.9 Å². The lowest BCUT2D eigenvalue weighted by Crippen LogP contribution is -2.37. The molecule has 0 saturated heterocycles. The Morgan fingerprint density at radius 3 is 2.27 bits per heavy atom. The summed E-state index contributed by atoms with van der Waals surface area (Å²) >= 11 is 0. The lowest BCUT2D eigenvalue weighted by molar-refractivity contribution is -0.120. The van der Waals surface area contributed by atoms with Crippen LogP contribution in [0.4, 0.5) is 0 Å². The van der Waals surface area contributed by atoms with Crippen LogP contribution in [0, 0.1) is 13.8 Å². The van der Waals surface area contributed by atoms with E-state index in [0.717, 1.165) is 29.5 Å². The van der Waals surface area contributed by atoms with Crippen molar-refractivity contribution in [1.82, 2.24) is 20.4 Å². The molecule has 6 nitrogen and oxygen atoms in total. The lowest BCUT2D eigenvalue weighted by atomic mass is 10.1. The molecule has 1 saturated carbocycles. The minimum absolute atomic E-state index is 0.0359. The summed E-state index contributed by atoms with van der Waals surface area (Å²) in [6, 6.07) is 16.4. The molecule has 0 unspecified atom stereocenters. The van der Waals surface area contributed by atoms with E-state index in [9.17, 15) is 9.59 Å². The number of hydrogen-bond donors (Lipinski definition) is 2. The zero-order valence-electron chi connectivity index (χ0n) is 17.3. The Kier molecular flexibility index (Phi) is 5.65. The van der Waals surface area contributed by atoms with Crippen LogP contribution in [0.25, 0.3) is 11.3 Å². The second kappa shape index (κ2) is 8.53. The van der Waals surface area contributed by atoms with Gasteiger partial charge in [-0.3, -0.25) is 14.3 Å². The highest BCUT2D eigenvalue weighted by Gasteiger charge is 2.24. The number of aryl methyl sites for hydroxylation is 2. The summed E-state index contributed by atoms with van der Waals surface area (Å²) in [7, 11) is 0. The molecule has 2 N–H and O–H groups in total. The van der Waals surface area contributed by atoms with Gasteiger partial charge in [-0.25, -0.2) is 0 Å². The molecule has 30 heavy (non-hydrogen) atoms. The number of aromatic nitrogens is 2. The lowest BCUT2D eigenvalue weighted by Gasteiger charge is -2.06. The fraction of sp³-hybridized carbons (Fsp3) is 0.292. The van der Waals surface area contributed by atoms with E-state index in [2.05, 4.69) is 46.9 Å². The van der Waals surface area contributed by atoms with Gasteiger partial charge in [-0.05, 0) is 32.3 Å². The highest BCUT2D eigenvalue weighted by atomic mass is 16.2. The maximum Gasteiger partial charge on any atom is 0.255 e. The van der Waals surface area contributed by atoms with Crippen LogP contribution in [0.15, 0.2) is 54.7 Å². The van der Waals surface area contributed by atoms with Crippen LogP contribution in [0.1, 0.15) is 39.9 Å². The molecule has 0 bridgehead atoms. The molecule has 2 aromatic carbocycles. The maximum absolute atomic E-state index is 12.9. The van der Waals surface area contributed by atoms with Crippen LogP contribution in [-0.4, -0.2) is 34.2 Å². The summed E-state index contributed by atoms with van der Waals surface area (Å²) in [6.45, 7) is 4.60. The van der Waals surface area contributed by atoms with Gasteiger partial charge in [0.2, 0.25) is 5.91 Å². The van der Waals surface area contributed by atoms with Gasteiger partial charge >= 0.3 is 0 Å². The first kappa shape index (κ1) is 19.9. The van der Waals surface area contributed by atoms with E-state index < -0.39 is 0 Å². The van der Waals surface area contributed by atoms with Crippen LogP contribution < -0.4 is 10.6 Å². The fourth-order valence-corrected chi connectivity index (χ4v) is 3.24. The molecule has 1 fully saturated rings. The SMILES string of the molecule is Cc1ccc(Cn2cc(C(=O)NCC(=O)NC3CC3)c(-c3ccc(C)cc3)n2)cc1. The van der Waals surface area contributed by atoms with E-state index in [4.69, 9.17) is 0 Å². The maximum atomic E-state index is 12.9. The molecule has 3 aromatic rings. The highest BCUT2D eigenvalue weighted by molar-refractivity contribution is 6.01. The average Bonchev–Trinajstić information content (AvgIpc) is 3.45. The van der Waals surface area contributed by atoms with Crippen molar-refractivity contribution in [3.05, 3.63) is 77.0 Å². The number of nitrogens with zero attached hydrogens (tertiary/aromatic N) is 2. The van der Waals surface area contributed by atoms with E-state index in [1.165, 1.54) is 5.56 Å². The van der Waals surface area contributed by atoms with Crippen LogP contribution in [-0.2, 0) is 11.3 Å². The predicted molar refractivity (Wildman–Crippen MR) is 116 cm³/mol. The van der Waals surface area contributed by atoms with E-state index in [-0.39, 0.29) is 24.4 Å². The van der Waals surface area contributed by atoms with Gasteiger partial charge in [0, 0.05) is 17.8 Å². The summed E-state index contributed by atoms with van der Waals surface area (Å²) in [5.74, 6) is -0.457. The number of benzene rings is 2. The third-order valence-corrected chi connectivity index (χ3v) is 5.15. The number of hydrogen-bond acceptors (Lipinski definition) is 3. The standard InChI is InChI=1S/C24H26N4O2/c1-16-3-7-18(8-4-16)14-28-15-21(23(27-28)19-9-5-17(2)6-10-19)24(30)25-13-22(29)26-20-11-12-20/h3-10,15,20H,11-14H2,1-2H3,(H,25,30)(H,26,29). The van der Waals surface area contributed by atoms with Gasteiger partial charge < -0.3 is 10.6 Å². The third kappa shape index (κ3) is 4.95. The molecule has 4 rings (SSSR count). The van der Waals surface area contributed by atoms with Crippen molar-refractivity contribution < 1.29 is 9.59 Å². The Morgan fingerprint density at radius 2 is 1.63 bits per heavy atom. The fourth-order valence-electron chi connectivity index (χ4n) is 3.24. The molecule has 6 heteroatoms. The third-order valence-electron chi connectivity index (χ3n) is 5.15. The van der Waals surface area contributed by atoms with E-state index >= 15 is 0 Å². The van der Waals surface area contributed by atoms with Crippen LogP contribution in [0.3, 0.4) is 0 Å². The molecule has 0 radical (unpaired) electrons. The molecule has 0 spiro atoms. The van der Waals surface area contributed by atoms with Gasteiger partial charge in [0.1, 0.15) is 5.69 Å². The minimum atomic E-state index is -0.299. The van der Waals surface area contributed by atoms with Crippen molar-refractivity contribution in [2.24, 2.45) is 0 Å². The summed E-state index contributed by atoms with van der Waals surface area (Å²) < 4.78 is 1.78. The average molecular weight is 402 g/mol. The van der Waals surface area contributed by atoms with Crippen molar-refractivity contribution in [3.8, 4) is 11.3 Å². The summed E-state index contributed by atoms with van der Waals surface area (Å²) in [5, 5.41) is 10.3. The van der Waals surface area contributed by atoms with Crippen molar-refractivity contribution in [2.45, 2.75) is 39.3 Å². The monoisotopic (exact) mass is 402 g/mol. The van der Waals surface area contributed by atoms with Gasteiger partial charge in [0.15, 0.2) is 0 Å². The molecule has 1 heterocycles. The van der Waals surface area contributed by atoms with E-state index in [0.29, 0.717) is 17.8 Å². The van der Waals surface area contributed by atoms with E-state index in [1.807, 2.05) is 31.2 Å². The van der Waals surface area contributed by atoms with Crippen LogP contribution >= 0.6 is 0 Å². The Labute approximate surface area is 176 Å². The molecule has 154 valence electrons. The summed E-state index contributed by atoms with van der Waals surface area (Å²) in [4.78, 5) is 24.8. The molecular formula is C24H26N4O2. The Balaban J connectivity index is 1.56. The molecule has 2 amide bonds. The van der Waals surface area contributed by atoms with Crippen molar-refractivity contribution in [1.29, 1.82) is 0 Å². The minimum Gasteiger partial charge on any atom is -0.352 e. The normalized spacial score (nSPS) is 13.1. The number of amides is 2. The van der Waals surface area contributed by atoms with Gasteiger partial charge in [-0.15, -0.1) is 0 Å². The molecule has 1 aliphatic rings. The molecule has 0 atom stereocenters. The quantitative estimate of drug-likeness (QED) is 0.637. The summed E-state index contributed by atoms with van der Waals surface area (Å²) in [5.41, 5.74) is 5.39. The van der Waals surface area contributed by atoms with Crippen LogP contribution in [0.2, 0.25) is 0 Å². The largest absolute Gasteiger partial charge is 0.352 e.